The van der Waals surface area contributed by atoms with Crippen molar-refractivity contribution in [2.75, 3.05) is 19.6 Å². The summed E-state index contributed by atoms with van der Waals surface area (Å²) in [5, 5.41) is 2.54. The molecule has 0 spiro atoms. The number of alkyl halides is 3. The third kappa shape index (κ3) is 2.30. The summed E-state index contributed by atoms with van der Waals surface area (Å²) in [6.45, 7) is 2.76. The van der Waals surface area contributed by atoms with Crippen LogP contribution < -0.4 is 11.1 Å². The van der Waals surface area contributed by atoms with Crippen molar-refractivity contribution in [2.45, 2.75) is 31.6 Å². The number of carbonyl (C=O) groups excluding carboxylic acids is 1. The number of nitrogens with two attached hydrogens (primary N) is 1. The Morgan fingerprint density at radius 2 is 2.12 bits per heavy atom. The number of piperazine rings is 1. The van der Waals surface area contributed by atoms with E-state index in [1.165, 1.54) is 13.8 Å². The Balaban J connectivity index is 2.96. The van der Waals surface area contributed by atoms with Crippen LogP contribution in [-0.4, -0.2) is 48.2 Å². The highest BCUT2D eigenvalue weighted by atomic mass is 19.4. The van der Waals surface area contributed by atoms with E-state index in [9.17, 15) is 18.0 Å². The van der Waals surface area contributed by atoms with Gasteiger partial charge in [-0.3, -0.25) is 9.69 Å². The molecular weight excluding hydrogens is 223 g/mol. The molecule has 7 heteroatoms. The lowest BCUT2D eigenvalue weighted by atomic mass is 9.96. The van der Waals surface area contributed by atoms with Crippen molar-refractivity contribution >= 4 is 5.91 Å². The van der Waals surface area contributed by atoms with Crippen LogP contribution in [0.4, 0.5) is 13.2 Å². The molecule has 1 rings (SSSR count). The number of nitrogens with zero attached hydrogens (tertiary/aromatic N) is 1. The normalized spacial score (nSPS) is 24.0. The first kappa shape index (κ1) is 13.2. The van der Waals surface area contributed by atoms with E-state index in [0.29, 0.717) is 0 Å². The van der Waals surface area contributed by atoms with Gasteiger partial charge in [0.1, 0.15) is 6.04 Å². The predicted octanol–water partition coefficient (Wildman–Crippen LogP) is 0.0864. The minimum Gasteiger partial charge on any atom is -0.353 e. The zero-order valence-corrected chi connectivity index (χ0v) is 9.27. The van der Waals surface area contributed by atoms with E-state index in [1.54, 1.807) is 0 Å². The number of rotatable bonds is 2. The molecule has 94 valence electrons. The molecule has 0 bridgehead atoms. The minimum absolute atomic E-state index is 0.153. The van der Waals surface area contributed by atoms with Crippen LogP contribution >= 0.6 is 0 Å². The van der Waals surface area contributed by atoms with Gasteiger partial charge >= 0.3 is 6.18 Å². The maximum atomic E-state index is 12.7. The standard InChI is InChI=1S/C9H16F3N3O/c1-8(2)7(16)14-3-4-15(8)6(5-13)9(10,11)12/h6H,3-5,13H2,1-2H3,(H,14,16). The summed E-state index contributed by atoms with van der Waals surface area (Å²) in [7, 11) is 0. The maximum Gasteiger partial charge on any atom is 0.405 e. The van der Waals surface area contributed by atoms with E-state index in [1.807, 2.05) is 0 Å². The Labute approximate surface area is 92.0 Å². The Morgan fingerprint density at radius 3 is 2.56 bits per heavy atom. The number of halogens is 3. The van der Waals surface area contributed by atoms with Crippen LogP contribution in [0.15, 0.2) is 0 Å². The van der Waals surface area contributed by atoms with E-state index in [-0.39, 0.29) is 13.1 Å². The van der Waals surface area contributed by atoms with Gasteiger partial charge in [0, 0.05) is 19.6 Å². The van der Waals surface area contributed by atoms with Gasteiger partial charge in [-0.2, -0.15) is 13.2 Å². The highest BCUT2D eigenvalue weighted by Gasteiger charge is 2.50. The molecule has 1 heterocycles. The molecular formula is C9H16F3N3O. The highest BCUT2D eigenvalue weighted by molar-refractivity contribution is 5.86. The molecule has 16 heavy (non-hydrogen) atoms. The second-order valence-corrected chi connectivity index (χ2v) is 4.30. The van der Waals surface area contributed by atoms with Gasteiger partial charge in [0.2, 0.25) is 5.91 Å². The van der Waals surface area contributed by atoms with Crippen LogP contribution in [-0.2, 0) is 4.79 Å². The van der Waals surface area contributed by atoms with E-state index in [2.05, 4.69) is 5.32 Å². The first-order valence-corrected chi connectivity index (χ1v) is 5.03. The fraction of sp³-hybridized carbons (Fsp3) is 0.889. The number of amides is 1. The molecule has 1 fully saturated rings. The number of hydrogen-bond donors (Lipinski definition) is 2. The third-order valence-electron chi connectivity index (χ3n) is 2.89. The van der Waals surface area contributed by atoms with Crippen molar-refractivity contribution in [3.05, 3.63) is 0 Å². The second-order valence-electron chi connectivity index (χ2n) is 4.30. The molecule has 1 unspecified atom stereocenters. The van der Waals surface area contributed by atoms with E-state index in [4.69, 9.17) is 5.73 Å². The first-order valence-electron chi connectivity index (χ1n) is 5.03. The zero-order valence-electron chi connectivity index (χ0n) is 9.27. The van der Waals surface area contributed by atoms with E-state index < -0.39 is 30.2 Å². The van der Waals surface area contributed by atoms with Gasteiger partial charge in [0.25, 0.3) is 0 Å². The molecule has 4 nitrogen and oxygen atoms in total. The van der Waals surface area contributed by atoms with E-state index >= 15 is 0 Å². The maximum absolute atomic E-state index is 12.7. The highest BCUT2D eigenvalue weighted by Crippen LogP contribution is 2.30. The zero-order chi connectivity index (χ0) is 12.6. The van der Waals surface area contributed by atoms with Crippen molar-refractivity contribution in [2.24, 2.45) is 5.73 Å². The summed E-state index contributed by atoms with van der Waals surface area (Å²) in [6.07, 6.45) is -4.41. The quantitative estimate of drug-likeness (QED) is 0.718. The Morgan fingerprint density at radius 1 is 1.56 bits per heavy atom. The van der Waals surface area contributed by atoms with Crippen molar-refractivity contribution in [3.8, 4) is 0 Å². The lowest BCUT2D eigenvalue weighted by Crippen LogP contribution is -2.68. The molecule has 1 atom stereocenters. The van der Waals surface area contributed by atoms with Crippen LogP contribution in [0.25, 0.3) is 0 Å². The molecule has 0 aromatic heterocycles. The van der Waals surface area contributed by atoms with Gasteiger partial charge in [0.05, 0.1) is 5.54 Å². The van der Waals surface area contributed by atoms with Gasteiger partial charge in [-0.15, -0.1) is 0 Å². The molecule has 1 aliphatic heterocycles. The topological polar surface area (TPSA) is 58.4 Å². The lowest BCUT2D eigenvalue weighted by molar-refractivity contribution is -0.198. The van der Waals surface area contributed by atoms with E-state index in [0.717, 1.165) is 4.90 Å². The van der Waals surface area contributed by atoms with Gasteiger partial charge < -0.3 is 11.1 Å². The molecule has 0 saturated carbocycles. The van der Waals surface area contributed by atoms with Gasteiger partial charge in [-0.1, -0.05) is 0 Å². The molecule has 0 aromatic rings. The summed E-state index contributed by atoms with van der Waals surface area (Å²) < 4.78 is 38.2. The van der Waals surface area contributed by atoms with Crippen molar-refractivity contribution in [1.29, 1.82) is 0 Å². The Kier molecular flexibility index (Phi) is 3.49. The number of nitrogens with one attached hydrogen (secondary N) is 1. The van der Waals surface area contributed by atoms with Crippen LogP contribution in [0, 0.1) is 0 Å². The average Bonchev–Trinajstić information content (AvgIpc) is 2.12. The first-order chi connectivity index (χ1) is 7.21. The molecule has 1 saturated heterocycles. The molecule has 0 aliphatic carbocycles. The Bertz CT molecular complexity index is 278. The van der Waals surface area contributed by atoms with Gasteiger partial charge in [-0.25, -0.2) is 0 Å². The summed E-state index contributed by atoms with van der Waals surface area (Å²) in [4.78, 5) is 12.6. The van der Waals surface area contributed by atoms with Crippen LogP contribution in [0.2, 0.25) is 0 Å². The fourth-order valence-electron chi connectivity index (χ4n) is 1.90. The monoisotopic (exact) mass is 239 g/mol. The SMILES string of the molecule is CC1(C)C(=O)NCCN1C(CN)C(F)(F)F. The van der Waals surface area contributed by atoms with Crippen molar-refractivity contribution < 1.29 is 18.0 Å². The number of carbonyl (C=O) groups is 1. The average molecular weight is 239 g/mol. The molecule has 0 aromatic carbocycles. The van der Waals surface area contributed by atoms with Crippen molar-refractivity contribution in [1.82, 2.24) is 10.2 Å². The summed E-state index contributed by atoms with van der Waals surface area (Å²) in [5.41, 5.74) is 3.98. The molecule has 3 N–H and O–H groups in total. The lowest BCUT2D eigenvalue weighted by Gasteiger charge is -2.45. The smallest absolute Gasteiger partial charge is 0.353 e. The largest absolute Gasteiger partial charge is 0.405 e. The summed E-state index contributed by atoms with van der Waals surface area (Å²) >= 11 is 0. The Hall–Kier alpha value is -0.820. The third-order valence-corrected chi connectivity index (χ3v) is 2.89. The van der Waals surface area contributed by atoms with Gasteiger partial charge in [-0.05, 0) is 13.8 Å². The summed E-state index contributed by atoms with van der Waals surface area (Å²) in [6, 6.07) is -1.77. The minimum atomic E-state index is -4.41. The van der Waals surface area contributed by atoms with Crippen molar-refractivity contribution in [3.63, 3.8) is 0 Å². The van der Waals surface area contributed by atoms with Crippen LogP contribution in [0.5, 0.6) is 0 Å². The van der Waals surface area contributed by atoms with Gasteiger partial charge in [0.15, 0.2) is 0 Å². The van der Waals surface area contributed by atoms with Crippen LogP contribution in [0.1, 0.15) is 13.8 Å². The number of hydrogen-bond acceptors (Lipinski definition) is 3. The second kappa shape index (κ2) is 4.21. The molecule has 0 radical (unpaired) electrons. The fourth-order valence-corrected chi connectivity index (χ4v) is 1.90. The predicted molar refractivity (Wildman–Crippen MR) is 52.7 cm³/mol. The molecule has 1 amide bonds. The summed E-state index contributed by atoms with van der Waals surface area (Å²) in [5.74, 6) is -0.401. The molecule has 1 aliphatic rings. The van der Waals surface area contributed by atoms with Crippen LogP contribution in [0.3, 0.4) is 0 Å².